The first-order chi connectivity index (χ1) is 9.53. The summed E-state index contributed by atoms with van der Waals surface area (Å²) >= 11 is 0. The molecule has 0 amide bonds. The first kappa shape index (κ1) is 12.9. The van der Waals surface area contributed by atoms with Crippen LogP contribution < -0.4 is 0 Å². The predicted octanol–water partition coefficient (Wildman–Crippen LogP) is 4.68. The van der Waals surface area contributed by atoms with Crippen molar-refractivity contribution >= 4 is 5.78 Å². The van der Waals surface area contributed by atoms with Crippen LogP contribution in [0.5, 0.6) is 0 Å². The van der Waals surface area contributed by atoms with Gasteiger partial charge in [-0.15, -0.1) is 0 Å². The molecule has 2 fully saturated rings. The Morgan fingerprint density at radius 2 is 1.95 bits per heavy atom. The molecule has 1 heteroatoms. The van der Waals surface area contributed by atoms with E-state index in [0.717, 1.165) is 30.6 Å². The van der Waals surface area contributed by atoms with Gasteiger partial charge in [0.05, 0.1) is 0 Å². The van der Waals surface area contributed by atoms with E-state index in [0.29, 0.717) is 16.6 Å². The van der Waals surface area contributed by atoms with Gasteiger partial charge in [-0.3, -0.25) is 4.79 Å². The molecule has 0 saturated heterocycles. The highest BCUT2D eigenvalue weighted by Gasteiger charge is 2.54. The minimum absolute atomic E-state index is 0.334. The van der Waals surface area contributed by atoms with Gasteiger partial charge in [-0.1, -0.05) is 31.6 Å². The van der Waals surface area contributed by atoms with E-state index >= 15 is 0 Å². The molecule has 0 radical (unpaired) electrons. The number of rotatable bonds is 0. The van der Waals surface area contributed by atoms with Crippen molar-refractivity contribution in [2.75, 3.05) is 0 Å². The summed E-state index contributed by atoms with van der Waals surface area (Å²) in [4.78, 5) is 11.8. The molecule has 1 nitrogen and oxygen atoms in total. The minimum atomic E-state index is 0.334. The molecular weight excluding hydrogens is 244 g/mol. The van der Waals surface area contributed by atoms with Crippen LogP contribution in [0.2, 0.25) is 0 Å². The minimum Gasteiger partial charge on any atom is -0.295 e. The van der Waals surface area contributed by atoms with Gasteiger partial charge in [-0.25, -0.2) is 0 Å². The second-order valence-corrected chi connectivity index (χ2v) is 8.15. The molecule has 0 heterocycles. The van der Waals surface area contributed by atoms with Crippen LogP contribution in [0.25, 0.3) is 0 Å². The average molecular weight is 270 g/mol. The predicted molar refractivity (Wildman–Crippen MR) is 81.2 cm³/mol. The Kier molecular flexibility index (Phi) is 2.63. The standard InChI is InChI=1S/C19H26O/c1-18-9-3-4-16(18)15-6-5-13-12-14(20)7-11-19(13,2)17(15)8-10-18/h3,9,12,15-17H,4-8,10-11H2,1-2H3/t15?,16?,17?,18-,19-/m0/s1. The normalized spacial score (nSPS) is 50.2. The first-order valence-electron chi connectivity index (χ1n) is 8.44. The zero-order valence-electron chi connectivity index (χ0n) is 12.8. The number of hydrogen-bond donors (Lipinski definition) is 0. The largest absolute Gasteiger partial charge is 0.295 e. The third-order valence-electron chi connectivity index (χ3n) is 7.29. The molecule has 0 bridgehead atoms. The molecule has 3 unspecified atom stereocenters. The van der Waals surface area contributed by atoms with Crippen molar-refractivity contribution in [2.45, 2.75) is 58.8 Å². The number of carbonyl (C=O) groups is 1. The van der Waals surface area contributed by atoms with E-state index in [-0.39, 0.29) is 0 Å². The van der Waals surface area contributed by atoms with Crippen molar-refractivity contribution in [3.63, 3.8) is 0 Å². The van der Waals surface area contributed by atoms with Gasteiger partial charge in [0.1, 0.15) is 0 Å². The third-order valence-corrected chi connectivity index (χ3v) is 7.29. The lowest BCUT2D eigenvalue weighted by molar-refractivity contribution is -0.117. The van der Waals surface area contributed by atoms with Crippen molar-refractivity contribution in [2.24, 2.45) is 28.6 Å². The molecule has 0 aromatic heterocycles. The summed E-state index contributed by atoms with van der Waals surface area (Å²) in [5.74, 6) is 2.96. The van der Waals surface area contributed by atoms with E-state index in [2.05, 4.69) is 26.0 Å². The van der Waals surface area contributed by atoms with Crippen LogP contribution in [0.15, 0.2) is 23.8 Å². The number of ketones is 1. The SMILES string of the molecule is C[C@@]12C=CCC1C1CCC3=CC(=O)CC[C@]3(C)C1CC2. The van der Waals surface area contributed by atoms with Gasteiger partial charge < -0.3 is 0 Å². The van der Waals surface area contributed by atoms with Crippen molar-refractivity contribution in [3.05, 3.63) is 23.8 Å². The average Bonchev–Trinajstić information content (AvgIpc) is 2.81. The van der Waals surface area contributed by atoms with E-state index in [9.17, 15) is 4.79 Å². The molecule has 0 N–H and O–H groups in total. The van der Waals surface area contributed by atoms with Gasteiger partial charge in [0.25, 0.3) is 0 Å². The summed E-state index contributed by atoms with van der Waals surface area (Å²) in [5.41, 5.74) is 2.30. The Morgan fingerprint density at radius 3 is 2.80 bits per heavy atom. The number of allylic oxidation sites excluding steroid dienone is 4. The van der Waals surface area contributed by atoms with Crippen molar-refractivity contribution in [1.29, 1.82) is 0 Å². The topological polar surface area (TPSA) is 17.1 Å². The van der Waals surface area contributed by atoms with Gasteiger partial charge in [-0.05, 0) is 73.2 Å². The molecule has 0 aromatic rings. The maximum absolute atomic E-state index is 11.8. The van der Waals surface area contributed by atoms with Crippen molar-refractivity contribution in [3.8, 4) is 0 Å². The van der Waals surface area contributed by atoms with Crippen molar-refractivity contribution in [1.82, 2.24) is 0 Å². The fourth-order valence-electron chi connectivity index (χ4n) is 6.04. The van der Waals surface area contributed by atoms with Gasteiger partial charge >= 0.3 is 0 Å². The molecule has 0 aliphatic heterocycles. The zero-order valence-corrected chi connectivity index (χ0v) is 12.8. The highest BCUT2D eigenvalue weighted by atomic mass is 16.1. The molecule has 5 atom stereocenters. The van der Waals surface area contributed by atoms with E-state index < -0.39 is 0 Å². The molecule has 0 aromatic carbocycles. The lowest BCUT2D eigenvalue weighted by Crippen LogP contribution is -2.49. The van der Waals surface area contributed by atoms with Gasteiger partial charge in [0.2, 0.25) is 0 Å². The lowest BCUT2D eigenvalue weighted by atomic mass is 9.47. The smallest absolute Gasteiger partial charge is 0.155 e. The quantitative estimate of drug-likeness (QED) is 0.584. The Hall–Kier alpha value is -0.850. The maximum atomic E-state index is 11.8. The molecule has 108 valence electrons. The molecule has 4 aliphatic rings. The number of hydrogen-bond acceptors (Lipinski definition) is 1. The molecule has 2 saturated carbocycles. The van der Waals surface area contributed by atoms with Crippen LogP contribution in [-0.2, 0) is 4.79 Å². The zero-order chi connectivity index (χ0) is 14.0. The second kappa shape index (κ2) is 4.08. The lowest BCUT2D eigenvalue weighted by Gasteiger charge is -2.57. The van der Waals surface area contributed by atoms with Crippen molar-refractivity contribution < 1.29 is 4.79 Å². The van der Waals surface area contributed by atoms with Crippen LogP contribution in [0.1, 0.15) is 58.8 Å². The van der Waals surface area contributed by atoms with Gasteiger partial charge in [-0.2, -0.15) is 0 Å². The Bertz CT molecular complexity index is 514. The number of carbonyl (C=O) groups excluding carboxylic acids is 1. The van der Waals surface area contributed by atoms with E-state index in [4.69, 9.17) is 0 Å². The molecule has 20 heavy (non-hydrogen) atoms. The van der Waals surface area contributed by atoms with E-state index in [1.165, 1.54) is 37.7 Å². The summed E-state index contributed by atoms with van der Waals surface area (Å²) in [6.07, 6.45) is 15.4. The molecule has 0 spiro atoms. The van der Waals surface area contributed by atoms with Crippen LogP contribution in [0.4, 0.5) is 0 Å². The Morgan fingerprint density at radius 1 is 1.10 bits per heavy atom. The third kappa shape index (κ3) is 1.58. The van der Waals surface area contributed by atoms with Crippen LogP contribution in [-0.4, -0.2) is 5.78 Å². The van der Waals surface area contributed by atoms with E-state index in [1.807, 2.05) is 6.08 Å². The molecular formula is C19H26O. The summed E-state index contributed by atoms with van der Waals surface area (Å²) in [6.45, 7) is 4.95. The molecule has 4 aliphatic carbocycles. The monoisotopic (exact) mass is 270 g/mol. The van der Waals surface area contributed by atoms with Crippen LogP contribution in [0.3, 0.4) is 0 Å². The van der Waals surface area contributed by atoms with Gasteiger partial charge in [0.15, 0.2) is 5.78 Å². The number of fused-ring (bicyclic) bond motifs is 5. The fraction of sp³-hybridized carbons (Fsp3) is 0.737. The Labute approximate surface area is 122 Å². The fourth-order valence-corrected chi connectivity index (χ4v) is 6.04. The van der Waals surface area contributed by atoms with Crippen LogP contribution >= 0.6 is 0 Å². The van der Waals surface area contributed by atoms with E-state index in [1.54, 1.807) is 0 Å². The summed E-state index contributed by atoms with van der Waals surface area (Å²) in [6, 6.07) is 0. The summed E-state index contributed by atoms with van der Waals surface area (Å²) in [5, 5.41) is 0. The summed E-state index contributed by atoms with van der Waals surface area (Å²) in [7, 11) is 0. The highest BCUT2D eigenvalue weighted by Crippen LogP contribution is 2.63. The maximum Gasteiger partial charge on any atom is 0.155 e. The second-order valence-electron chi connectivity index (χ2n) is 8.15. The highest BCUT2D eigenvalue weighted by molar-refractivity contribution is 5.91. The molecule has 4 rings (SSSR count). The van der Waals surface area contributed by atoms with Crippen LogP contribution in [0, 0.1) is 28.6 Å². The Balaban J connectivity index is 1.70. The first-order valence-corrected chi connectivity index (χ1v) is 8.44. The van der Waals surface area contributed by atoms with Gasteiger partial charge in [0, 0.05) is 6.42 Å². The summed E-state index contributed by atoms with van der Waals surface area (Å²) < 4.78 is 0.